The number of hydrogen-bond donors (Lipinski definition) is 0. The summed E-state index contributed by atoms with van der Waals surface area (Å²) >= 11 is 0. The van der Waals surface area contributed by atoms with E-state index in [-0.39, 0.29) is 5.41 Å². The van der Waals surface area contributed by atoms with E-state index < -0.39 is 0 Å². The first kappa shape index (κ1) is 30.0. The van der Waals surface area contributed by atoms with Crippen LogP contribution in [0.15, 0.2) is 121 Å². The predicted molar refractivity (Wildman–Crippen MR) is 210 cm³/mol. The minimum Gasteiger partial charge on any atom is -0.338 e. The zero-order chi connectivity index (χ0) is 33.3. The smallest absolute Gasteiger partial charge is 0.0493 e. The van der Waals surface area contributed by atoms with E-state index in [0.29, 0.717) is 12.1 Å². The predicted octanol–water partition coefficient (Wildman–Crippen LogP) is 12.3. The molecule has 3 aliphatic rings. The summed E-state index contributed by atoms with van der Waals surface area (Å²) in [5, 5.41) is 2.60. The van der Waals surface area contributed by atoms with Crippen LogP contribution in [0.4, 0.5) is 22.7 Å². The monoisotopic (exact) mass is 636 g/mol. The fourth-order valence-electron chi connectivity index (χ4n) is 8.99. The molecule has 0 N–H and O–H groups in total. The van der Waals surface area contributed by atoms with Gasteiger partial charge in [0.15, 0.2) is 0 Å². The van der Waals surface area contributed by atoms with Crippen LogP contribution in [0.3, 0.4) is 0 Å². The van der Waals surface area contributed by atoms with Crippen molar-refractivity contribution in [3.05, 3.63) is 155 Å². The number of rotatable bonds is 4. The van der Waals surface area contributed by atoms with Crippen LogP contribution in [0.1, 0.15) is 73.9 Å². The first-order valence-electron chi connectivity index (χ1n) is 18.1. The second-order valence-corrected chi connectivity index (χ2v) is 15.0. The summed E-state index contributed by atoms with van der Waals surface area (Å²) in [5.74, 6) is 0. The summed E-state index contributed by atoms with van der Waals surface area (Å²) in [7, 11) is 0. The topological polar surface area (TPSA) is 6.48 Å². The van der Waals surface area contributed by atoms with Gasteiger partial charge in [0, 0.05) is 45.6 Å². The minimum atomic E-state index is -0.0845. The molecule has 6 aromatic rings. The van der Waals surface area contributed by atoms with Crippen molar-refractivity contribution in [2.45, 2.75) is 70.9 Å². The summed E-state index contributed by atoms with van der Waals surface area (Å²) in [4.78, 5) is 5.12. The van der Waals surface area contributed by atoms with Crippen LogP contribution in [0, 0.1) is 0 Å². The van der Waals surface area contributed by atoms with Crippen molar-refractivity contribution in [3.63, 3.8) is 0 Å². The third-order valence-electron chi connectivity index (χ3n) is 11.7. The third kappa shape index (κ3) is 4.83. The lowest BCUT2D eigenvalue weighted by Gasteiger charge is -2.38. The van der Waals surface area contributed by atoms with E-state index in [0.717, 1.165) is 19.3 Å². The number of fused-ring (bicyclic) bond motifs is 6. The van der Waals surface area contributed by atoms with Crippen molar-refractivity contribution in [3.8, 4) is 11.1 Å². The lowest BCUT2D eigenvalue weighted by atomic mass is 9.81. The van der Waals surface area contributed by atoms with Crippen LogP contribution >= 0.6 is 0 Å². The quantitative estimate of drug-likeness (QED) is 0.178. The summed E-state index contributed by atoms with van der Waals surface area (Å²) < 4.78 is 0. The van der Waals surface area contributed by atoms with E-state index in [2.05, 4.69) is 171 Å². The molecule has 0 spiro atoms. The molecule has 2 nitrogen and oxygen atoms in total. The van der Waals surface area contributed by atoms with Crippen LogP contribution in [0.5, 0.6) is 0 Å². The minimum absolute atomic E-state index is 0.0845. The fourth-order valence-corrected chi connectivity index (χ4v) is 8.99. The number of anilines is 4. The van der Waals surface area contributed by atoms with Gasteiger partial charge in [-0.3, -0.25) is 0 Å². The molecule has 0 amide bonds. The molecule has 2 aliphatic heterocycles. The molecule has 1 aliphatic carbocycles. The second-order valence-electron chi connectivity index (χ2n) is 15.0. The molecule has 6 aromatic carbocycles. The zero-order valence-corrected chi connectivity index (χ0v) is 29.1. The maximum atomic E-state index is 2.56. The Morgan fingerprint density at radius 3 is 1.90 bits per heavy atom. The van der Waals surface area contributed by atoms with Crippen LogP contribution in [-0.2, 0) is 18.3 Å². The van der Waals surface area contributed by atoms with E-state index in [4.69, 9.17) is 0 Å². The van der Waals surface area contributed by atoms with Gasteiger partial charge >= 0.3 is 0 Å². The largest absolute Gasteiger partial charge is 0.338 e. The van der Waals surface area contributed by atoms with Crippen molar-refractivity contribution < 1.29 is 0 Å². The molecule has 0 radical (unpaired) electrons. The number of para-hydroxylation sites is 2. The molecule has 9 rings (SSSR count). The van der Waals surface area contributed by atoms with Crippen LogP contribution in [-0.4, -0.2) is 12.1 Å². The van der Waals surface area contributed by atoms with E-state index >= 15 is 0 Å². The molecule has 0 saturated carbocycles. The van der Waals surface area contributed by atoms with E-state index in [1.165, 1.54) is 84.5 Å². The summed E-state index contributed by atoms with van der Waals surface area (Å²) in [6.45, 7) is 9.52. The Bertz CT molecular complexity index is 2270. The van der Waals surface area contributed by atoms with Gasteiger partial charge in [-0.2, -0.15) is 0 Å². The maximum absolute atomic E-state index is 2.56. The van der Waals surface area contributed by atoms with Gasteiger partial charge in [-0.25, -0.2) is 0 Å². The molecule has 242 valence electrons. The van der Waals surface area contributed by atoms with Gasteiger partial charge in [0.25, 0.3) is 0 Å². The molecule has 49 heavy (non-hydrogen) atoms. The van der Waals surface area contributed by atoms with Gasteiger partial charge in [-0.1, -0.05) is 117 Å². The van der Waals surface area contributed by atoms with Crippen molar-refractivity contribution in [2.24, 2.45) is 0 Å². The Kier molecular flexibility index (Phi) is 7.06. The van der Waals surface area contributed by atoms with E-state index in [1.54, 1.807) is 0 Å². The molecule has 2 heterocycles. The molecule has 2 unspecified atom stereocenters. The van der Waals surface area contributed by atoms with Crippen LogP contribution < -0.4 is 9.80 Å². The van der Waals surface area contributed by atoms with Gasteiger partial charge in [-0.15, -0.1) is 0 Å². The molecular weight excluding hydrogens is 593 g/mol. The summed E-state index contributed by atoms with van der Waals surface area (Å²) in [6, 6.07) is 46.6. The molecule has 2 heteroatoms. The Labute approximate surface area is 291 Å². The Balaban J connectivity index is 1.05. The molecule has 2 atom stereocenters. The van der Waals surface area contributed by atoms with Crippen molar-refractivity contribution in [1.29, 1.82) is 0 Å². The van der Waals surface area contributed by atoms with Gasteiger partial charge in [-0.05, 0) is 120 Å². The molecule has 0 saturated heterocycles. The van der Waals surface area contributed by atoms with E-state index in [1.807, 2.05) is 0 Å². The molecular formula is C47H44N2. The van der Waals surface area contributed by atoms with Crippen molar-refractivity contribution in [1.82, 2.24) is 0 Å². The highest BCUT2D eigenvalue weighted by Gasteiger charge is 2.37. The summed E-state index contributed by atoms with van der Waals surface area (Å²) in [6.07, 6.45) is 9.25. The van der Waals surface area contributed by atoms with E-state index in [9.17, 15) is 0 Å². The third-order valence-corrected chi connectivity index (χ3v) is 11.7. The number of nitrogens with zero attached hydrogens (tertiary/aromatic N) is 2. The zero-order valence-electron chi connectivity index (χ0n) is 29.1. The highest BCUT2D eigenvalue weighted by Crippen LogP contribution is 2.51. The van der Waals surface area contributed by atoms with Gasteiger partial charge in [0.2, 0.25) is 0 Å². The Morgan fingerprint density at radius 2 is 1.14 bits per heavy atom. The Morgan fingerprint density at radius 1 is 0.551 bits per heavy atom. The SMILES string of the molecule is CC1CCc2ccccc2N1c1ccc2c(c1)C(C)(C)c1cc(C=Cc3cccc4c(N5c6ccccc6CCC5C)cccc34)ccc1-2. The normalized spacial score (nSPS) is 19.1. The first-order valence-corrected chi connectivity index (χ1v) is 18.1. The maximum Gasteiger partial charge on any atom is 0.0493 e. The van der Waals surface area contributed by atoms with Gasteiger partial charge in [0.1, 0.15) is 0 Å². The van der Waals surface area contributed by atoms with Gasteiger partial charge < -0.3 is 9.80 Å². The van der Waals surface area contributed by atoms with Crippen LogP contribution in [0.2, 0.25) is 0 Å². The number of benzene rings is 6. The average molecular weight is 637 g/mol. The number of aryl methyl sites for hydroxylation is 2. The molecule has 0 fully saturated rings. The second kappa shape index (κ2) is 11.5. The highest BCUT2D eigenvalue weighted by molar-refractivity contribution is 6.02. The van der Waals surface area contributed by atoms with Gasteiger partial charge in [0.05, 0.1) is 0 Å². The Hall–Kier alpha value is -5.08. The standard InChI is InChI=1S/C47H44N2/c1-31-19-23-35-11-5-7-16-44(35)48(31)37-26-28-40-39-27-22-33(29-42(39)47(3,4)43(40)30-37)21-25-34-13-9-15-41-38(34)14-10-18-46(41)49-32(2)20-24-36-12-6-8-17-45(36)49/h5-18,21-22,25-32H,19-20,23-24H2,1-4H3. The molecule has 0 bridgehead atoms. The lowest BCUT2D eigenvalue weighted by molar-refractivity contribution is 0.616. The highest BCUT2D eigenvalue weighted by atomic mass is 15.2. The molecule has 0 aromatic heterocycles. The van der Waals surface area contributed by atoms with Crippen molar-refractivity contribution in [2.75, 3.05) is 9.80 Å². The van der Waals surface area contributed by atoms with Crippen LogP contribution in [0.25, 0.3) is 34.1 Å². The number of hydrogen-bond acceptors (Lipinski definition) is 2. The first-order chi connectivity index (χ1) is 23.9. The summed E-state index contributed by atoms with van der Waals surface area (Å²) in [5.41, 5.74) is 16.2. The fraction of sp³-hybridized carbons (Fsp3) is 0.234. The van der Waals surface area contributed by atoms with Crippen molar-refractivity contribution >= 4 is 45.7 Å². The average Bonchev–Trinajstić information content (AvgIpc) is 3.35. The lowest BCUT2D eigenvalue weighted by Crippen LogP contribution is -2.33.